The average Bonchev–Trinajstić information content (AvgIpc) is 3.21. The highest BCUT2D eigenvalue weighted by Crippen LogP contribution is 2.37. The fourth-order valence-electron chi connectivity index (χ4n) is 3.23. The minimum atomic E-state index is -0.373. The Morgan fingerprint density at radius 3 is 2.75 bits per heavy atom. The molecule has 0 aliphatic carbocycles. The second kappa shape index (κ2) is 9.05. The van der Waals surface area contributed by atoms with Crippen LogP contribution >= 0.6 is 23.4 Å². The molecule has 0 atom stereocenters. The number of rotatable bonds is 7. The summed E-state index contributed by atoms with van der Waals surface area (Å²) < 4.78 is 12.1. The smallest absolute Gasteiger partial charge is 0.262 e. The number of halogens is 1. The lowest BCUT2D eigenvalue weighted by Crippen LogP contribution is -2.24. The maximum atomic E-state index is 12.9. The monoisotopic (exact) mass is 471 g/mol. The van der Waals surface area contributed by atoms with Gasteiger partial charge in [-0.2, -0.15) is 0 Å². The number of hydrogen-bond donors (Lipinski definition) is 1. The highest BCUT2D eigenvalue weighted by atomic mass is 35.5. The Kier molecular flexibility index (Phi) is 6.20. The number of nitrogens with zero attached hydrogens (tertiary/aromatic N) is 2. The van der Waals surface area contributed by atoms with Crippen LogP contribution in [-0.4, -0.2) is 33.8 Å². The van der Waals surface area contributed by atoms with Crippen molar-refractivity contribution >= 4 is 51.6 Å². The van der Waals surface area contributed by atoms with Crippen molar-refractivity contribution in [3.63, 3.8) is 0 Å². The molecule has 0 unspecified atom stereocenters. The van der Waals surface area contributed by atoms with Crippen LogP contribution in [0.3, 0.4) is 0 Å². The molecule has 1 aliphatic rings. The fraction of sp³-hybridized carbons (Fsp3) is 0.182. The van der Waals surface area contributed by atoms with Crippen LogP contribution < -0.4 is 20.3 Å². The summed E-state index contributed by atoms with van der Waals surface area (Å²) in [7, 11) is 0. The second-order valence-corrected chi connectivity index (χ2v) is 8.28. The Morgan fingerprint density at radius 2 is 2.03 bits per heavy atom. The summed E-state index contributed by atoms with van der Waals surface area (Å²) >= 11 is 7.14. The number of carbonyl (C=O) groups excluding carboxylic acids is 2. The van der Waals surface area contributed by atoms with E-state index >= 15 is 0 Å². The predicted molar refractivity (Wildman–Crippen MR) is 123 cm³/mol. The van der Waals surface area contributed by atoms with Gasteiger partial charge in [0.15, 0.2) is 22.4 Å². The molecule has 32 heavy (non-hydrogen) atoms. The summed E-state index contributed by atoms with van der Waals surface area (Å²) in [5.41, 5.74) is 0.841. The number of ether oxygens (including phenoxy) is 2. The summed E-state index contributed by atoms with van der Waals surface area (Å²) in [4.78, 5) is 42.1. The summed E-state index contributed by atoms with van der Waals surface area (Å²) in [5, 5.41) is 3.98. The van der Waals surface area contributed by atoms with Gasteiger partial charge in [0, 0.05) is 23.2 Å². The van der Waals surface area contributed by atoms with E-state index in [1.807, 2.05) is 0 Å². The summed E-state index contributed by atoms with van der Waals surface area (Å²) in [6.07, 6.45) is 1.58. The SMILES string of the molecule is C=CCn1c(SCC(=O)Nc2cc3c(cc2C(C)=O)OCO3)nc2cc(Cl)ccc2c1=O. The zero-order valence-electron chi connectivity index (χ0n) is 17.0. The minimum absolute atomic E-state index is 0.0402. The van der Waals surface area contributed by atoms with E-state index in [2.05, 4.69) is 16.9 Å². The van der Waals surface area contributed by atoms with Gasteiger partial charge in [0.2, 0.25) is 12.7 Å². The average molecular weight is 472 g/mol. The first-order chi connectivity index (χ1) is 15.4. The molecular formula is C22H18ClN3O5S. The Labute approximate surface area is 192 Å². The lowest BCUT2D eigenvalue weighted by Gasteiger charge is -2.13. The van der Waals surface area contributed by atoms with Crippen LogP contribution in [0, 0.1) is 0 Å². The third-order valence-electron chi connectivity index (χ3n) is 4.69. The third kappa shape index (κ3) is 4.35. The molecule has 1 amide bonds. The Hall–Kier alpha value is -3.30. The van der Waals surface area contributed by atoms with E-state index < -0.39 is 0 Å². The van der Waals surface area contributed by atoms with Crippen molar-refractivity contribution in [3.8, 4) is 11.5 Å². The molecule has 8 nitrogen and oxygen atoms in total. The van der Waals surface area contributed by atoms with Crippen molar-refractivity contribution in [3.05, 3.63) is 63.9 Å². The number of fused-ring (bicyclic) bond motifs is 2. The first kappa shape index (κ1) is 21.9. The zero-order valence-corrected chi connectivity index (χ0v) is 18.6. The first-order valence-corrected chi connectivity index (χ1v) is 10.9. The molecule has 0 fully saturated rings. The fourth-order valence-corrected chi connectivity index (χ4v) is 4.20. The van der Waals surface area contributed by atoms with Crippen molar-refractivity contribution in [2.45, 2.75) is 18.6 Å². The molecule has 4 rings (SSSR count). The zero-order chi connectivity index (χ0) is 22.8. The molecule has 0 bridgehead atoms. The van der Waals surface area contributed by atoms with Crippen LogP contribution in [0.1, 0.15) is 17.3 Å². The summed E-state index contributed by atoms with van der Waals surface area (Å²) in [6.45, 7) is 5.38. The standard InChI is InChI=1S/C22H18ClN3O5S/c1-3-6-26-21(29)14-5-4-13(23)7-16(14)25-22(26)32-10-20(28)24-17-9-19-18(30-11-31-19)8-15(17)12(2)27/h3-5,7-9H,1,6,10-11H2,2H3,(H,24,28). The highest BCUT2D eigenvalue weighted by Gasteiger charge is 2.21. The topological polar surface area (TPSA) is 99.5 Å². The van der Waals surface area contributed by atoms with Crippen molar-refractivity contribution in [2.24, 2.45) is 0 Å². The van der Waals surface area contributed by atoms with Gasteiger partial charge in [-0.05, 0) is 31.2 Å². The number of Topliss-reactive ketones (excluding diaryl/α,β-unsaturated/α-hetero) is 1. The highest BCUT2D eigenvalue weighted by molar-refractivity contribution is 7.99. The van der Waals surface area contributed by atoms with Crippen LogP contribution in [0.4, 0.5) is 5.69 Å². The lowest BCUT2D eigenvalue weighted by atomic mass is 10.1. The van der Waals surface area contributed by atoms with Gasteiger partial charge in [-0.3, -0.25) is 19.0 Å². The number of allylic oxidation sites excluding steroid dienone is 1. The van der Waals surface area contributed by atoms with Crippen LogP contribution in [-0.2, 0) is 11.3 Å². The second-order valence-electron chi connectivity index (χ2n) is 6.90. The van der Waals surface area contributed by atoms with Gasteiger partial charge in [0.1, 0.15) is 0 Å². The van der Waals surface area contributed by atoms with E-state index in [1.165, 1.54) is 11.5 Å². The number of nitrogens with one attached hydrogen (secondary N) is 1. The van der Waals surface area contributed by atoms with E-state index in [4.69, 9.17) is 21.1 Å². The van der Waals surface area contributed by atoms with Crippen molar-refractivity contribution in [2.75, 3.05) is 17.9 Å². The Balaban J connectivity index is 1.58. The molecule has 1 aromatic heterocycles. The number of hydrogen-bond acceptors (Lipinski definition) is 7. The molecule has 10 heteroatoms. The molecule has 1 N–H and O–H groups in total. The van der Waals surface area contributed by atoms with Crippen molar-refractivity contribution in [1.29, 1.82) is 0 Å². The van der Waals surface area contributed by atoms with Gasteiger partial charge < -0.3 is 14.8 Å². The van der Waals surface area contributed by atoms with E-state index in [0.717, 1.165) is 11.8 Å². The number of amides is 1. The van der Waals surface area contributed by atoms with E-state index in [9.17, 15) is 14.4 Å². The van der Waals surface area contributed by atoms with E-state index in [-0.39, 0.29) is 36.3 Å². The normalized spacial score (nSPS) is 12.1. The van der Waals surface area contributed by atoms with Crippen LogP contribution in [0.25, 0.3) is 10.9 Å². The van der Waals surface area contributed by atoms with Crippen molar-refractivity contribution in [1.82, 2.24) is 9.55 Å². The molecule has 2 heterocycles. The number of ketones is 1. The molecule has 0 saturated heterocycles. The maximum Gasteiger partial charge on any atom is 0.262 e. The molecule has 1 aliphatic heterocycles. The van der Waals surface area contributed by atoms with Gasteiger partial charge in [-0.25, -0.2) is 4.98 Å². The van der Waals surface area contributed by atoms with Crippen molar-refractivity contribution < 1.29 is 19.1 Å². The molecule has 0 saturated carbocycles. The van der Waals surface area contributed by atoms with Gasteiger partial charge in [0.25, 0.3) is 5.56 Å². The minimum Gasteiger partial charge on any atom is -0.454 e. The molecule has 0 radical (unpaired) electrons. The largest absolute Gasteiger partial charge is 0.454 e. The quantitative estimate of drug-likeness (QED) is 0.241. The molecule has 2 aromatic carbocycles. The van der Waals surface area contributed by atoms with E-state index in [0.29, 0.717) is 43.8 Å². The summed E-state index contributed by atoms with van der Waals surface area (Å²) in [5.74, 6) is 0.267. The predicted octanol–water partition coefficient (Wildman–Crippen LogP) is 3.90. The molecule has 3 aromatic rings. The van der Waals surface area contributed by atoms with Crippen LogP contribution in [0.5, 0.6) is 11.5 Å². The number of aromatic nitrogens is 2. The maximum absolute atomic E-state index is 12.9. The third-order valence-corrected chi connectivity index (χ3v) is 5.90. The van der Waals surface area contributed by atoms with Gasteiger partial charge in [0.05, 0.1) is 22.3 Å². The number of thioether (sulfide) groups is 1. The van der Waals surface area contributed by atoms with Gasteiger partial charge >= 0.3 is 0 Å². The van der Waals surface area contributed by atoms with E-state index in [1.54, 1.807) is 36.4 Å². The number of benzene rings is 2. The van der Waals surface area contributed by atoms with Crippen LogP contribution in [0.2, 0.25) is 5.02 Å². The van der Waals surface area contributed by atoms with Gasteiger partial charge in [-0.1, -0.05) is 29.4 Å². The lowest BCUT2D eigenvalue weighted by molar-refractivity contribution is -0.113. The molecule has 0 spiro atoms. The molecule has 164 valence electrons. The Bertz CT molecular complexity index is 1320. The first-order valence-electron chi connectivity index (χ1n) is 9.55. The molecular weight excluding hydrogens is 454 g/mol. The van der Waals surface area contributed by atoms with Crippen LogP contribution in [0.15, 0.2) is 52.9 Å². The Morgan fingerprint density at radius 1 is 1.28 bits per heavy atom. The number of carbonyl (C=O) groups is 2. The number of anilines is 1. The summed E-state index contributed by atoms with van der Waals surface area (Å²) in [6, 6.07) is 7.96. The van der Waals surface area contributed by atoms with Gasteiger partial charge in [-0.15, -0.1) is 6.58 Å².